The first kappa shape index (κ1) is 21.9. The average molecular weight is 345 g/mol. The van der Waals surface area contributed by atoms with Crippen molar-refractivity contribution in [1.82, 2.24) is 0 Å². The molecule has 4 nitrogen and oxygen atoms in total. The molecule has 0 bridgehead atoms. The zero-order chi connectivity index (χ0) is 17.7. The summed E-state index contributed by atoms with van der Waals surface area (Å²) < 4.78 is 11.2. The van der Waals surface area contributed by atoms with Gasteiger partial charge in [0.1, 0.15) is 0 Å². The summed E-state index contributed by atoms with van der Waals surface area (Å²) in [5.41, 5.74) is 0.533. The largest absolute Gasteiger partial charge is 0.394 e. The SMILES string of the molecule is CC(CCCC1(CCCC(C)OCCO)CCCCC1)OCCO. The van der Waals surface area contributed by atoms with E-state index in [1.165, 1.54) is 57.8 Å². The van der Waals surface area contributed by atoms with Gasteiger partial charge < -0.3 is 19.7 Å². The minimum Gasteiger partial charge on any atom is -0.394 e. The molecule has 1 saturated carbocycles. The summed E-state index contributed by atoms with van der Waals surface area (Å²) in [6.07, 6.45) is 14.7. The average Bonchev–Trinajstić information content (AvgIpc) is 2.59. The highest BCUT2D eigenvalue weighted by Gasteiger charge is 2.31. The fraction of sp³-hybridized carbons (Fsp3) is 1.00. The van der Waals surface area contributed by atoms with Crippen molar-refractivity contribution in [1.29, 1.82) is 0 Å². The van der Waals surface area contributed by atoms with Crippen molar-refractivity contribution in [3.63, 3.8) is 0 Å². The van der Waals surface area contributed by atoms with E-state index in [4.69, 9.17) is 19.7 Å². The zero-order valence-electron chi connectivity index (χ0n) is 16.0. The molecule has 0 radical (unpaired) electrons. The van der Waals surface area contributed by atoms with Crippen molar-refractivity contribution in [2.24, 2.45) is 5.41 Å². The molecular weight excluding hydrogens is 304 g/mol. The molecule has 2 N–H and O–H groups in total. The molecule has 0 spiro atoms. The van der Waals surface area contributed by atoms with Crippen LogP contribution in [0.15, 0.2) is 0 Å². The van der Waals surface area contributed by atoms with Gasteiger partial charge in [-0.05, 0) is 57.8 Å². The van der Waals surface area contributed by atoms with E-state index in [-0.39, 0.29) is 25.4 Å². The van der Waals surface area contributed by atoms with E-state index in [0.717, 1.165) is 12.8 Å². The van der Waals surface area contributed by atoms with Crippen LogP contribution in [0, 0.1) is 5.41 Å². The second-order valence-electron chi connectivity index (χ2n) is 7.66. The van der Waals surface area contributed by atoms with E-state index in [1.807, 2.05) is 0 Å². The smallest absolute Gasteiger partial charge is 0.0701 e. The van der Waals surface area contributed by atoms with Crippen molar-refractivity contribution in [3.05, 3.63) is 0 Å². The monoisotopic (exact) mass is 344 g/mol. The predicted molar refractivity (Wildman–Crippen MR) is 98.2 cm³/mol. The highest BCUT2D eigenvalue weighted by molar-refractivity contribution is 4.83. The maximum atomic E-state index is 8.83. The number of aliphatic hydroxyl groups is 2. The van der Waals surface area contributed by atoms with Gasteiger partial charge in [0.05, 0.1) is 38.6 Å². The van der Waals surface area contributed by atoms with Gasteiger partial charge >= 0.3 is 0 Å². The maximum absolute atomic E-state index is 8.83. The molecule has 144 valence electrons. The van der Waals surface area contributed by atoms with Crippen LogP contribution >= 0.6 is 0 Å². The number of aliphatic hydroxyl groups excluding tert-OH is 2. The van der Waals surface area contributed by atoms with Crippen molar-refractivity contribution in [3.8, 4) is 0 Å². The normalized spacial score (nSPS) is 20.0. The van der Waals surface area contributed by atoms with Gasteiger partial charge in [-0.2, -0.15) is 0 Å². The van der Waals surface area contributed by atoms with Crippen LogP contribution in [0.1, 0.15) is 84.5 Å². The lowest BCUT2D eigenvalue weighted by atomic mass is 9.68. The summed E-state index contributed by atoms with van der Waals surface area (Å²) in [7, 11) is 0. The Morgan fingerprint density at radius 2 is 1.25 bits per heavy atom. The van der Waals surface area contributed by atoms with E-state index >= 15 is 0 Å². The molecule has 0 aromatic carbocycles. The predicted octanol–water partition coefficient (Wildman–Crippen LogP) is 4.07. The van der Waals surface area contributed by atoms with Crippen molar-refractivity contribution in [2.75, 3.05) is 26.4 Å². The van der Waals surface area contributed by atoms with Crippen LogP contribution in [0.5, 0.6) is 0 Å². The Morgan fingerprint density at radius 1 is 0.792 bits per heavy atom. The molecule has 0 heterocycles. The van der Waals surface area contributed by atoms with Crippen molar-refractivity contribution >= 4 is 0 Å². The molecule has 0 aromatic heterocycles. The van der Waals surface area contributed by atoms with Gasteiger partial charge in [0.25, 0.3) is 0 Å². The van der Waals surface area contributed by atoms with Gasteiger partial charge in [-0.1, -0.05) is 32.1 Å². The Hall–Kier alpha value is -0.160. The van der Waals surface area contributed by atoms with Crippen LogP contribution in [0.4, 0.5) is 0 Å². The Morgan fingerprint density at radius 3 is 1.67 bits per heavy atom. The highest BCUT2D eigenvalue weighted by Crippen LogP contribution is 2.44. The van der Waals surface area contributed by atoms with Crippen LogP contribution in [0.25, 0.3) is 0 Å². The standard InChI is InChI=1S/C20H40O4/c1-18(23-16-14-21)8-6-12-20(10-4-3-5-11-20)13-7-9-19(2)24-17-15-22/h18-19,21-22H,3-17H2,1-2H3. The lowest BCUT2D eigenvalue weighted by molar-refractivity contribution is 0.0257. The quantitative estimate of drug-likeness (QED) is 0.499. The maximum Gasteiger partial charge on any atom is 0.0701 e. The van der Waals surface area contributed by atoms with Crippen molar-refractivity contribution in [2.45, 2.75) is 96.7 Å². The van der Waals surface area contributed by atoms with E-state index in [2.05, 4.69) is 13.8 Å². The van der Waals surface area contributed by atoms with Crippen LogP contribution < -0.4 is 0 Å². The summed E-state index contributed by atoms with van der Waals surface area (Å²) >= 11 is 0. The summed E-state index contributed by atoms with van der Waals surface area (Å²) in [6.45, 7) is 5.37. The zero-order valence-corrected chi connectivity index (χ0v) is 16.0. The summed E-state index contributed by atoms with van der Waals surface area (Å²) in [5.74, 6) is 0. The molecule has 2 unspecified atom stereocenters. The molecule has 1 rings (SSSR count). The van der Waals surface area contributed by atoms with Crippen LogP contribution in [-0.2, 0) is 9.47 Å². The molecule has 1 aliphatic rings. The molecule has 0 saturated heterocycles. The van der Waals surface area contributed by atoms with Crippen LogP contribution in [-0.4, -0.2) is 48.8 Å². The number of hydrogen-bond donors (Lipinski definition) is 2. The first-order chi connectivity index (χ1) is 11.6. The Labute approximate surface area is 148 Å². The third-order valence-corrected chi connectivity index (χ3v) is 5.54. The van der Waals surface area contributed by atoms with E-state index in [1.54, 1.807) is 0 Å². The lowest BCUT2D eigenvalue weighted by Crippen LogP contribution is -2.25. The van der Waals surface area contributed by atoms with Crippen LogP contribution in [0.2, 0.25) is 0 Å². The van der Waals surface area contributed by atoms with Crippen molar-refractivity contribution < 1.29 is 19.7 Å². The summed E-state index contributed by atoms with van der Waals surface area (Å²) in [5, 5.41) is 17.7. The summed E-state index contributed by atoms with van der Waals surface area (Å²) in [6, 6.07) is 0. The second kappa shape index (κ2) is 13.1. The van der Waals surface area contributed by atoms with Crippen LogP contribution in [0.3, 0.4) is 0 Å². The molecule has 24 heavy (non-hydrogen) atoms. The fourth-order valence-corrected chi connectivity index (χ4v) is 4.13. The molecule has 1 aliphatic carbocycles. The Kier molecular flexibility index (Phi) is 11.9. The first-order valence-corrected chi connectivity index (χ1v) is 10.1. The Bertz CT molecular complexity index is 267. The van der Waals surface area contributed by atoms with Gasteiger partial charge in [0.15, 0.2) is 0 Å². The number of rotatable bonds is 14. The molecule has 1 fully saturated rings. The molecule has 2 atom stereocenters. The molecule has 0 amide bonds. The molecule has 0 aliphatic heterocycles. The van der Waals surface area contributed by atoms with Gasteiger partial charge in [0, 0.05) is 0 Å². The van der Waals surface area contributed by atoms with Gasteiger partial charge in [-0.25, -0.2) is 0 Å². The first-order valence-electron chi connectivity index (χ1n) is 10.1. The molecule has 4 heteroatoms. The van der Waals surface area contributed by atoms with E-state index in [9.17, 15) is 0 Å². The van der Waals surface area contributed by atoms with E-state index in [0.29, 0.717) is 18.6 Å². The second-order valence-corrected chi connectivity index (χ2v) is 7.66. The number of ether oxygens (including phenoxy) is 2. The minimum absolute atomic E-state index is 0.116. The topological polar surface area (TPSA) is 58.9 Å². The third-order valence-electron chi connectivity index (χ3n) is 5.54. The van der Waals surface area contributed by atoms with Gasteiger partial charge in [-0.15, -0.1) is 0 Å². The van der Waals surface area contributed by atoms with Gasteiger partial charge in [0.2, 0.25) is 0 Å². The third kappa shape index (κ3) is 9.36. The fourth-order valence-electron chi connectivity index (χ4n) is 4.13. The highest BCUT2D eigenvalue weighted by atomic mass is 16.5. The Balaban J connectivity index is 2.31. The van der Waals surface area contributed by atoms with E-state index < -0.39 is 0 Å². The lowest BCUT2D eigenvalue weighted by Gasteiger charge is -2.38. The summed E-state index contributed by atoms with van der Waals surface area (Å²) in [4.78, 5) is 0. The number of hydrogen-bond acceptors (Lipinski definition) is 4. The van der Waals surface area contributed by atoms with Gasteiger partial charge in [-0.3, -0.25) is 0 Å². The molecule has 0 aromatic rings. The minimum atomic E-state index is 0.116. The molecular formula is C20H40O4.